The average molecular weight is 366 g/mol. The van der Waals surface area contributed by atoms with E-state index in [1.165, 1.54) is 17.4 Å². The molecule has 0 spiro atoms. The average Bonchev–Trinajstić information content (AvgIpc) is 3.24. The lowest BCUT2D eigenvalue weighted by Gasteiger charge is -2.27. The lowest BCUT2D eigenvalue weighted by atomic mass is 10.1. The maximum absolute atomic E-state index is 12.5. The molecular formula is C15H22N6O5. The highest BCUT2D eigenvalue weighted by molar-refractivity contribution is 5.93. The van der Waals surface area contributed by atoms with E-state index in [1.54, 1.807) is 0 Å². The minimum Gasteiger partial charge on any atom is -0.480 e. The molecule has 1 aliphatic rings. The molecule has 26 heavy (non-hydrogen) atoms. The second-order valence-electron chi connectivity index (χ2n) is 6.15. The molecule has 2 heterocycles. The van der Waals surface area contributed by atoms with E-state index in [-0.39, 0.29) is 12.8 Å². The maximum Gasteiger partial charge on any atom is 0.326 e. The predicted molar refractivity (Wildman–Crippen MR) is 88.4 cm³/mol. The number of aliphatic carboxylic acids is 1. The second kappa shape index (κ2) is 8.43. The van der Waals surface area contributed by atoms with Crippen LogP contribution in [0.25, 0.3) is 0 Å². The number of nitrogens with zero attached hydrogens (tertiary/aromatic N) is 2. The van der Waals surface area contributed by atoms with Gasteiger partial charge >= 0.3 is 5.97 Å². The van der Waals surface area contributed by atoms with Crippen molar-refractivity contribution in [2.45, 2.75) is 43.8 Å². The van der Waals surface area contributed by atoms with Crippen LogP contribution in [0.4, 0.5) is 0 Å². The number of aromatic nitrogens is 2. The molecule has 0 aromatic carbocycles. The summed E-state index contributed by atoms with van der Waals surface area (Å²) < 4.78 is 0. The van der Waals surface area contributed by atoms with Crippen molar-refractivity contribution in [3.8, 4) is 0 Å². The highest BCUT2D eigenvalue weighted by Gasteiger charge is 2.37. The molecule has 11 heteroatoms. The Kier molecular flexibility index (Phi) is 6.28. The van der Waals surface area contributed by atoms with E-state index in [0.717, 1.165) is 0 Å². The minimum absolute atomic E-state index is 0.0307. The van der Waals surface area contributed by atoms with Crippen LogP contribution in [0.1, 0.15) is 25.0 Å². The molecule has 3 amide bonds. The van der Waals surface area contributed by atoms with Crippen LogP contribution >= 0.6 is 0 Å². The molecule has 142 valence electrons. The molecule has 0 aliphatic carbocycles. The van der Waals surface area contributed by atoms with Gasteiger partial charge in [-0.3, -0.25) is 14.4 Å². The van der Waals surface area contributed by atoms with Crippen molar-refractivity contribution in [2.24, 2.45) is 11.5 Å². The molecule has 0 bridgehead atoms. The molecule has 1 fully saturated rings. The van der Waals surface area contributed by atoms with Crippen LogP contribution in [-0.4, -0.2) is 68.3 Å². The minimum atomic E-state index is -1.20. The third kappa shape index (κ3) is 4.79. The summed E-state index contributed by atoms with van der Waals surface area (Å²) in [5, 5.41) is 11.8. The van der Waals surface area contributed by atoms with Crippen LogP contribution in [0.15, 0.2) is 12.5 Å². The van der Waals surface area contributed by atoms with Gasteiger partial charge < -0.3 is 31.8 Å². The third-order valence-electron chi connectivity index (χ3n) is 4.17. The summed E-state index contributed by atoms with van der Waals surface area (Å²) in [6.45, 7) is 0.307. The first-order chi connectivity index (χ1) is 12.3. The number of hydrogen-bond acceptors (Lipinski definition) is 6. The largest absolute Gasteiger partial charge is 0.480 e. The molecule has 1 aliphatic heterocycles. The van der Waals surface area contributed by atoms with Gasteiger partial charge in [0.2, 0.25) is 17.7 Å². The first kappa shape index (κ1) is 19.4. The predicted octanol–water partition coefficient (Wildman–Crippen LogP) is -2.28. The smallest absolute Gasteiger partial charge is 0.326 e. The monoisotopic (exact) mass is 366 g/mol. The van der Waals surface area contributed by atoms with Gasteiger partial charge in [0.1, 0.15) is 12.1 Å². The summed E-state index contributed by atoms with van der Waals surface area (Å²) in [5.41, 5.74) is 11.3. The number of nitrogens with one attached hydrogen (secondary N) is 2. The van der Waals surface area contributed by atoms with E-state index in [2.05, 4.69) is 15.3 Å². The molecule has 3 unspecified atom stereocenters. The Balaban J connectivity index is 2.02. The molecule has 1 saturated heterocycles. The zero-order valence-electron chi connectivity index (χ0n) is 14.1. The molecular weight excluding hydrogens is 344 g/mol. The number of aromatic amines is 1. The topological polar surface area (TPSA) is 184 Å². The van der Waals surface area contributed by atoms with Crippen molar-refractivity contribution in [3.63, 3.8) is 0 Å². The Bertz CT molecular complexity index is 676. The fourth-order valence-corrected chi connectivity index (χ4v) is 2.90. The molecule has 0 radical (unpaired) electrons. The number of rotatable bonds is 8. The van der Waals surface area contributed by atoms with Crippen molar-refractivity contribution >= 4 is 23.7 Å². The molecule has 0 saturated carbocycles. The summed E-state index contributed by atoms with van der Waals surface area (Å²) in [5.74, 6) is -3.04. The fourth-order valence-electron chi connectivity index (χ4n) is 2.90. The van der Waals surface area contributed by atoms with Gasteiger partial charge in [0.25, 0.3) is 0 Å². The number of H-pyrrole nitrogens is 1. The Labute approximate surface area is 149 Å². The maximum atomic E-state index is 12.5. The Morgan fingerprint density at radius 2 is 2.15 bits per heavy atom. The lowest BCUT2D eigenvalue weighted by Crippen LogP contribution is -2.54. The van der Waals surface area contributed by atoms with E-state index in [1.807, 2.05) is 0 Å². The van der Waals surface area contributed by atoms with E-state index in [9.17, 15) is 24.3 Å². The number of carboxylic acids is 1. The first-order valence-corrected chi connectivity index (χ1v) is 8.14. The summed E-state index contributed by atoms with van der Waals surface area (Å²) in [6.07, 6.45) is 3.55. The van der Waals surface area contributed by atoms with Gasteiger partial charge in [-0.05, 0) is 12.8 Å². The van der Waals surface area contributed by atoms with Crippen LogP contribution in [-0.2, 0) is 25.6 Å². The fraction of sp³-hybridized carbons (Fsp3) is 0.533. The number of amides is 3. The van der Waals surface area contributed by atoms with Crippen LogP contribution in [0.5, 0.6) is 0 Å². The van der Waals surface area contributed by atoms with Crippen LogP contribution in [0.2, 0.25) is 0 Å². The van der Waals surface area contributed by atoms with Gasteiger partial charge in [0.05, 0.1) is 18.8 Å². The summed E-state index contributed by atoms with van der Waals surface area (Å²) in [6, 6.07) is -3.12. The second-order valence-corrected chi connectivity index (χ2v) is 6.15. The molecule has 3 atom stereocenters. The quantitative estimate of drug-likeness (QED) is 0.343. The third-order valence-corrected chi connectivity index (χ3v) is 4.17. The summed E-state index contributed by atoms with van der Waals surface area (Å²) >= 11 is 0. The van der Waals surface area contributed by atoms with Crippen LogP contribution in [0.3, 0.4) is 0 Å². The SMILES string of the molecule is NC(=O)CC(N)C(=O)N1CCCC1C(=O)NC(Cc1cnc[nH]1)C(=O)O. The number of imidazole rings is 1. The van der Waals surface area contributed by atoms with E-state index >= 15 is 0 Å². The van der Waals surface area contributed by atoms with E-state index in [0.29, 0.717) is 25.1 Å². The van der Waals surface area contributed by atoms with E-state index < -0.39 is 41.8 Å². The van der Waals surface area contributed by atoms with Crippen LogP contribution < -0.4 is 16.8 Å². The number of carbonyl (C=O) groups excluding carboxylic acids is 3. The number of likely N-dealkylation sites (tertiary alicyclic amines) is 1. The highest BCUT2D eigenvalue weighted by Crippen LogP contribution is 2.19. The molecule has 11 nitrogen and oxygen atoms in total. The van der Waals surface area contributed by atoms with Gasteiger partial charge in [-0.25, -0.2) is 9.78 Å². The van der Waals surface area contributed by atoms with Crippen molar-refractivity contribution in [2.75, 3.05) is 6.54 Å². The number of primary amides is 1. The van der Waals surface area contributed by atoms with Gasteiger partial charge in [-0.2, -0.15) is 0 Å². The van der Waals surface area contributed by atoms with Crippen molar-refractivity contribution in [1.82, 2.24) is 20.2 Å². The number of carbonyl (C=O) groups is 4. The first-order valence-electron chi connectivity index (χ1n) is 8.14. The molecule has 1 aromatic rings. The van der Waals surface area contributed by atoms with Gasteiger partial charge in [0, 0.05) is 24.9 Å². The van der Waals surface area contributed by atoms with Gasteiger partial charge in [-0.15, -0.1) is 0 Å². The Morgan fingerprint density at radius 3 is 2.73 bits per heavy atom. The molecule has 7 N–H and O–H groups in total. The number of carboxylic acid groups (broad SMARTS) is 1. The zero-order chi connectivity index (χ0) is 19.3. The molecule has 1 aromatic heterocycles. The zero-order valence-corrected chi connectivity index (χ0v) is 14.1. The lowest BCUT2D eigenvalue weighted by molar-refractivity contribution is -0.144. The molecule has 2 rings (SSSR count). The van der Waals surface area contributed by atoms with Crippen LogP contribution in [0, 0.1) is 0 Å². The van der Waals surface area contributed by atoms with Crippen molar-refractivity contribution in [1.29, 1.82) is 0 Å². The van der Waals surface area contributed by atoms with Gasteiger partial charge in [0.15, 0.2) is 0 Å². The summed E-state index contributed by atoms with van der Waals surface area (Å²) in [7, 11) is 0. The highest BCUT2D eigenvalue weighted by atomic mass is 16.4. The van der Waals surface area contributed by atoms with Crippen molar-refractivity contribution < 1.29 is 24.3 Å². The van der Waals surface area contributed by atoms with E-state index in [4.69, 9.17) is 11.5 Å². The number of hydrogen-bond donors (Lipinski definition) is 5. The Hall–Kier alpha value is -2.95. The summed E-state index contributed by atoms with van der Waals surface area (Å²) in [4.78, 5) is 55.1. The Morgan fingerprint density at radius 1 is 1.42 bits per heavy atom. The normalized spacial score (nSPS) is 19.0. The van der Waals surface area contributed by atoms with Crippen molar-refractivity contribution in [3.05, 3.63) is 18.2 Å². The number of nitrogens with two attached hydrogens (primary N) is 2. The van der Waals surface area contributed by atoms with Gasteiger partial charge in [-0.1, -0.05) is 0 Å². The standard InChI is InChI=1S/C15H22N6O5/c16-9(5-12(17)22)14(24)21-3-1-2-11(21)13(23)20-10(15(25)26)4-8-6-18-7-19-8/h6-7,9-11H,1-5,16H2,(H2,17,22)(H,18,19)(H,20,23)(H,25,26).